The summed E-state index contributed by atoms with van der Waals surface area (Å²) in [7, 11) is 1.84. The summed E-state index contributed by atoms with van der Waals surface area (Å²) >= 11 is 0. The second-order valence-corrected chi connectivity index (χ2v) is 9.91. The fourth-order valence-corrected chi connectivity index (χ4v) is 5.47. The second-order valence-electron chi connectivity index (χ2n) is 9.91. The predicted molar refractivity (Wildman–Crippen MR) is 148 cm³/mol. The molecule has 7 nitrogen and oxygen atoms in total. The molecule has 0 atom stereocenters. The lowest BCUT2D eigenvalue weighted by Crippen LogP contribution is -2.20. The number of carboxylic acids is 1. The van der Waals surface area contributed by atoms with Gasteiger partial charge in [0.25, 0.3) is 5.56 Å². The number of ether oxygens (including phenoxy) is 1. The summed E-state index contributed by atoms with van der Waals surface area (Å²) in [5, 5.41) is 12.2. The molecule has 3 aromatic heterocycles. The van der Waals surface area contributed by atoms with E-state index in [9.17, 15) is 9.59 Å². The predicted octanol–water partition coefficient (Wildman–Crippen LogP) is 5.72. The highest BCUT2D eigenvalue weighted by molar-refractivity contribution is 6.05. The number of carboxylic acid groups (broad SMARTS) is 1. The topological polar surface area (TPSA) is 94.3 Å². The van der Waals surface area contributed by atoms with Crippen LogP contribution in [0.1, 0.15) is 40.4 Å². The maximum absolute atomic E-state index is 12.9. The molecule has 1 aliphatic heterocycles. The fraction of sp³-hybridized carbons (Fsp3) is 0.226. The van der Waals surface area contributed by atoms with Gasteiger partial charge in [-0.05, 0) is 78.1 Å². The number of aromatic carboxylic acids is 1. The Balaban J connectivity index is 1.54. The molecule has 38 heavy (non-hydrogen) atoms. The molecule has 1 N–H and O–H groups in total. The molecule has 0 unspecified atom stereocenters. The first kappa shape index (κ1) is 24.0. The van der Waals surface area contributed by atoms with Crippen molar-refractivity contribution in [2.24, 2.45) is 7.05 Å². The van der Waals surface area contributed by atoms with Crippen molar-refractivity contribution in [1.29, 1.82) is 0 Å². The van der Waals surface area contributed by atoms with Crippen LogP contribution in [0.25, 0.3) is 44.1 Å². The SMILES string of the molecule is Cc1cc2c(-c3cccc4cc(-c5ccc(C(=O)O)nc5)ncc34)cc(C3CCOCC3)cc2n(C)c1=O. The van der Waals surface area contributed by atoms with Gasteiger partial charge in [-0.25, -0.2) is 9.78 Å². The van der Waals surface area contributed by atoms with Crippen LogP contribution >= 0.6 is 0 Å². The number of aryl methyl sites for hydroxylation is 2. The van der Waals surface area contributed by atoms with E-state index in [1.165, 1.54) is 17.8 Å². The Morgan fingerprint density at radius 3 is 2.53 bits per heavy atom. The van der Waals surface area contributed by atoms with Crippen LogP contribution in [0.3, 0.4) is 0 Å². The Morgan fingerprint density at radius 1 is 0.974 bits per heavy atom. The number of hydrogen-bond acceptors (Lipinski definition) is 5. The summed E-state index contributed by atoms with van der Waals surface area (Å²) in [6.45, 7) is 3.35. The van der Waals surface area contributed by atoms with E-state index in [1.54, 1.807) is 10.6 Å². The number of fused-ring (bicyclic) bond motifs is 2. The molecule has 1 aliphatic rings. The van der Waals surface area contributed by atoms with Crippen LogP contribution in [0.15, 0.2) is 71.8 Å². The molecule has 0 saturated carbocycles. The smallest absolute Gasteiger partial charge is 0.354 e. The van der Waals surface area contributed by atoms with Crippen molar-refractivity contribution in [2.45, 2.75) is 25.7 Å². The van der Waals surface area contributed by atoms with E-state index in [0.717, 1.165) is 70.1 Å². The van der Waals surface area contributed by atoms with Crippen LogP contribution in [0.5, 0.6) is 0 Å². The number of carbonyl (C=O) groups is 1. The number of aromatic nitrogens is 3. The minimum absolute atomic E-state index is 0.00203. The molecule has 7 heteroatoms. The van der Waals surface area contributed by atoms with Gasteiger partial charge in [-0.3, -0.25) is 9.78 Å². The average molecular weight is 506 g/mol. The van der Waals surface area contributed by atoms with E-state index < -0.39 is 5.97 Å². The van der Waals surface area contributed by atoms with Crippen molar-refractivity contribution in [3.63, 3.8) is 0 Å². The van der Waals surface area contributed by atoms with Crippen LogP contribution < -0.4 is 5.56 Å². The zero-order valence-corrected chi connectivity index (χ0v) is 21.3. The molecule has 1 fully saturated rings. The zero-order valence-electron chi connectivity index (χ0n) is 21.3. The lowest BCUT2D eigenvalue weighted by Gasteiger charge is -2.24. The Bertz CT molecular complexity index is 1770. The number of hydrogen-bond donors (Lipinski definition) is 1. The standard InChI is InChI=1S/C31H27N3O4/c1-18-12-25-24(13-22(19-8-10-38-11-9-19)15-29(25)34(2)30(18)35)23-5-3-4-20-14-28(33-17-26(20)23)21-6-7-27(31(36)37)32-16-21/h3-7,12-17,19H,8-11H2,1-2H3,(H,36,37). The Hall–Kier alpha value is -4.36. The van der Waals surface area contributed by atoms with E-state index >= 15 is 0 Å². The Kier molecular flexibility index (Phi) is 6.00. The third kappa shape index (κ3) is 4.15. The summed E-state index contributed by atoms with van der Waals surface area (Å²) in [6.07, 6.45) is 5.32. The molecule has 5 aromatic rings. The molecular formula is C31H27N3O4. The molecule has 190 valence electrons. The van der Waals surface area contributed by atoms with E-state index in [4.69, 9.17) is 14.8 Å². The molecule has 0 spiro atoms. The largest absolute Gasteiger partial charge is 0.477 e. The maximum atomic E-state index is 12.9. The summed E-state index contributed by atoms with van der Waals surface area (Å²) < 4.78 is 7.36. The molecule has 0 aliphatic carbocycles. The number of benzene rings is 2. The Labute approximate surface area is 219 Å². The van der Waals surface area contributed by atoms with Gasteiger partial charge in [0.1, 0.15) is 5.69 Å². The molecule has 0 radical (unpaired) electrons. The first-order valence-corrected chi connectivity index (χ1v) is 12.7. The number of rotatable bonds is 4. The molecular weight excluding hydrogens is 478 g/mol. The van der Waals surface area contributed by atoms with Gasteiger partial charge < -0.3 is 14.4 Å². The third-order valence-electron chi connectivity index (χ3n) is 7.57. The van der Waals surface area contributed by atoms with Crippen LogP contribution in [-0.4, -0.2) is 38.8 Å². The van der Waals surface area contributed by atoms with Crippen LogP contribution in [0.2, 0.25) is 0 Å². The lowest BCUT2D eigenvalue weighted by molar-refractivity contribution is 0.0690. The van der Waals surface area contributed by atoms with E-state index in [2.05, 4.69) is 29.2 Å². The summed E-state index contributed by atoms with van der Waals surface area (Å²) in [6, 6.07) is 17.9. The van der Waals surface area contributed by atoms with Gasteiger partial charge in [0.05, 0.1) is 11.2 Å². The normalized spacial score (nSPS) is 14.3. The van der Waals surface area contributed by atoms with Gasteiger partial charge in [-0.15, -0.1) is 0 Å². The zero-order chi connectivity index (χ0) is 26.4. The van der Waals surface area contributed by atoms with Crippen molar-refractivity contribution in [3.05, 3.63) is 94.2 Å². The molecule has 0 bridgehead atoms. The summed E-state index contributed by atoms with van der Waals surface area (Å²) in [5.41, 5.74) is 6.47. The summed E-state index contributed by atoms with van der Waals surface area (Å²) in [4.78, 5) is 32.8. The van der Waals surface area contributed by atoms with Gasteiger partial charge in [0, 0.05) is 54.6 Å². The van der Waals surface area contributed by atoms with Crippen LogP contribution in [-0.2, 0) is 11.8 Å². The molecule has 1 saturated heterocycles. The van der Waals surface area contributed by atoms with Crippen molar-refractivity contribution in [1.82, 2.24) is 14.5 Å². The van der Waals surface area contributed by atoms with Gasteiger partial charge in [-0.1, -0.05) is 24.3 Å². The van der Waals surface area contributed by atoms with Crippen molar-refractivity contribution >= 4 is 27.6 Å². The van der Waals surface area contributed by atoms with Gasteiger partial charge in [0.15, 0.2) is 0 Å². The monoisotopic (exact) mass is 505 g/mol. The van der Waals surface area contributed by atoms with E-state index in [-0.39, 0.29) is 11.3 Å². The lowest BCUT2D eigenvalue weighted by atomic mass is 9.86. The first-order chi connectivity index (χ1) is 18.4. The first-order valence-electron chi connectivity index (χ1n) is 12.7. The molecule has 6 rings (SSSR count). The number of pyridine rings is 3. The van der Waals surface area contributed by atoms with Crippen molar-refractivity contribution in [2.75, 3.05) is 13.2 Å². The average Bonchev–Trinajstić information content (AvgIpc) is 2.95. The van der Waals surface area contributed by atoms with Gasteiger partial charge in [0.2, 0.25) is 0 Å². The highest BCUT2D eigenvalue weighted by Gasteiger charge is 2.20. The Morgan fingerprint density at radius 2 is 1.79 bits per heavy atom. The van der Waals surface area contributed by atoms with Crippen LogP contribution in [0.4, 0.5) is 0 Å². The van der Waals surface area contributed by atoms with Crippen molar-refractivity contribution in [3.8, 4) is 22.4 Å². The number of nitrogens with zero attached hydrogens (tertiary/aromatic N) is 3. The van der Waals surface area contributed by atoms with Gasteiger partial charge in [-0.2, -0.15) is 0 Å². The highest BCUT2D eigenvalue weighted by atomic mass is 16.5. The highest BCUT2D eigenvalue weighted by Crippen LogP contribution is 2.38. The fourth-order valence-electron chi connectivity index (χ4n) is 5.47. The minimum Gasteiger partial charge on any atom is -0.477 e. The molecule has 2 aromatic carbocycles. The quantitative estimate of drug-likeness (QED) is 0.336. The van der Waals surface area contributed by atoms with E-state index in [0.29, 0.717) is 11.5 Å². The van der Waals surface area contributed by atoms with Gasteiger partial charge >= 0.3 is 5.97 Å². The summed E-state index contributed by atoms with van der Waals surface area (Å²) in [5.74, 6) is -0.681. The van der Waals surface area contributed by atoms with Crippen molar-refractivity contribution < 1.29 is 14.6 Å². The third-order valence-corrected chi connectivity index (χ3v) is 7.57. The van der Waals surface area contributed by atoms with E-state index in [1.807, 2.05) is 38.4 Å². The maximum Gasteiger partial charge on any atom is 0.354 e. The second kappa shape index (κ2) is 9.50. The molecule has 0 amide bonds. The van der Waals surface area contributed by atoms with Crippen LogP contribution in [0, 0.1) is 6.92 Å². The molecule has 4 heterocycles. The minimum atomic E-state index is -1.06.